The number of hydrogen-bond acceptors (Lipinski definition) is 5. The fourth-order valence-corrected chi connectivity index (χ4v) is 2.56. The molecule has 1 fully saturated rings. The molecule has 0 bridgehead atoms. The maximum absolute atomic E-state index is 5.17. The molecule has 5 heteroatoms. The van der Waals surface area contributed by atoms with Crippen LogP contribution in [0.5, 0.6) is 0 Å². The molecule has 1 atom stereocenters. The van der Waals surface area contributed by atoms with Crippen molar-refractivity contribution in [2.75, 3.05) is 19.6 Å². The highest BCUT2D eigenvalue weighted by molar-refractivity contribution is 4.93. The fourth-order valence-electron chi connectivity index (χ4n) is 2.56. The minimum atomic E-state index is 0.191. The molecule has 0 saturated carbocycles. The molecule has 102 valence electrons. The second-order valence-corrected chi connectivity index (χ2v) is 5.78. The van der Waals surface area contributed by atoms with Gasteiger partial charge in [0.05, 0.1) is 0 Å². The molecule has 0 aromatic carbocycles. The lowest BCUT2D eigenvalue weighted by atomic mass is 9.97. The maximum atomic E-state index is 5.17. The number of aryl methyl sites for hydroxylation is 1. The molecule has 1 N–H and O–H groups in total. The molecule has 5 nitrogen and oxygen atoms in total. The highest BCUT2D eigenvalue weighted by Crippen LogP contribution is 2.17. The first kappa shape index (κ1) is 13.5. The van der Waals surface area contributed by atoms with Crippen molar-refractivity contribution in [2.24, 2.45) is 0 Å². The summed E-state index contributed by atoms with van der Waals surface area (Å²) in [6.45, 7) is 11.7. The Morgan fingerprint density at radius 1 is 1.50 bits per heavy atom. The summed E-state index contributed by atoms with van der Waals surface area (Å²) in [6.07, 6.45) is 2.01. The zero-order valence-corrected chi connectivity index (χ0v) is 11.9. The third kappa shape index (κ3) is 3.29. The van der Waals surface area contributed by atoms with Crippen LogP contribution in [0.2, 0.25) is 0 Å². The van der Waals surface area contributed by atoms with Gasteiger partial charge in [-0.1, -0.05) is 12.1 Å². The molecule has 0 amide bonds. The minimum absolute atomic E-state index is 0.191. The second kappa shape index (κ2) is 5.36. The van der Waals surface area contributed by atoms with E-state index >= 15 is 0 Å². The summed E-state index contributed by atoms with van der Waals surface area (Å²) in [7, 11) is 0. The van der Waals surface area contributed by atoms with Crippen molar-refractivity contribution in [1.29, 1.82) is 0 Å². The van der Waals surface area contributed by atoms with Crippen molar-refractivity contribution >= 4 is 0 Å². The maximum Gasteiger partial charge on any atom is 0.227 e. The van der Waals surface area contributed by atoms with E-state index in [9.17, 15) is 0 Å². The number of rotatable bonds is 4. The van der Waals surface area contributed by atoms with E-state index < -0.39 is 0 Å². The van der Waals surface area contributed by atoms with Gasteiger partial charge in [-0.05, 0) is 27.2 Å². The van der Waals surface area contributed by atoms with E-state index in [0.29, 0.717) is 6.04 Å². The fraction of sp³-hybridized carbons (Fsp3) is 0.846. The molecule has 2 rings (SSSR count). The molecule has 1 aliphatic rings. The number of aromatic nitrogens is 2. The molecule has 1 aromatic heterocycles. The molecule has 18 heavy (non-hydrogen) atoms. The summed E-state index contributed by atoms with van der Waals surface area (Å²) in [6, 6.07) is 0.613. The van der Waals surface area contributed by atoms with Crippen LogP contribution in [0.25, 0.3) is 0 Å². The van der Waals surface area contributed by atoms with Gasteiger partial charge in [0.2, 0.25) is 5.89 Å². The van der Waals surface area contributed by atoms with Gasteiger partial charge in [0.1, 0.15) is 0 Å². The zero-order valence-electron chi connectivity index (χ0n) is 11.9. The molecule has 2 heterocycles. The monoisotopic (exact) mass is 252 g/mol. The first-order chi connectivity index (χ1) is 8.50. The normalized spacial score (nSPS) is 24.3. The second-order valence-electron chi connectivity index (χ2n) is 5.78. The average molecular weight is 252 g/mol. The third-order valence-corrected chi connectivity index (χ3v) is 3.58. The lowest BCUT2D eigenvalue weighted by molar-refractivity contribution is 0.0916. The molecule has 1 saturated heterocycles. The van der Waals surface area contributed by atoms with Gasteiger partial charge in [-0.2, -0.15) is 4.98 Å². The van der Waals surface area contributed by atoms with E-state index in [4.69, 9.17) is 4.52 Å². The van der Waals surface area contributed by atoms with Crippen LogP contribution >= 0.6 is 0 Å². The Morgan fingerprint density at radius 2 is 2.28 bits per heavy atom. The molecule has 0 radical (unpaired) electrons. The van der Waals surface area contributed by atoms with Gasteiger partial charge in [0, 0.05) is 37.6 Å². The predicted octanol–water partition coefficient (Wildman–Crippen LogP) is 1.38. The van der Waals surface area contributed by atoms with Crippen LogP contribution in [0.4, 0.5) is 0 Å². The average Bonchev–Trinajstić information content (AvgIpc) is 2.72. The number of nitrogens with one attached hydrogen (secondary N) is 1. The quantitative estimate of drug-likeness (QED) is 0.877. The topological polar surface area (TPSA) is 54.2 Å². The Labute approximate surface area is 109 Å². The molecule has 1 aliphatic heterocycles. The Bertz CT molecular complexity index is 388. The van der Waals surface area contributed by atoms with Gasteiger partial charge >= 0.3 is 0 Å². The molecule has 1 unspecified atom stereocenters. The Morgan fingerprint density at radius 3 is 2.89 bits per heavy atom. The minimum Gasteiger partial charge on any atom is -0.339 e. The van der Waals surface area contributed by atoms with E-state index in [1.807, 2.05) is 6.92 Å². The van der Waals surface area contributed by atoms with E-state index in [-0.39, 0.29) is 5.54 Å². The van der Waals surface area contributed by atoms with Gasteiger partial charge in [0.15, 0.2) is 5.82 Å². The van der Waals surface area contributed by atoms with Crippen LogP contribution in [0.15, 0.2) is 4.52 Å². The van der Waals surface area contributed by atoms with Crippen molar-refractivity contribution < 1.29 is 4.52 Å². The van der Waals surface area contributed by atoms with Crippen LogP contribution in [0.3, 0.4) is 0 Å². The summed E-state index contributed by atoms with van der Waals surface area (Å²) in [4.78, 5) is 6.80. The summed E-state index contributed by atoms with van der Waals surface area (Å²) in [5.74, 6) is 1.47. The Kier molecular flexibility index (Phi) is 4.02. The molecule has 1 aromatic rings. The van der Waals surface area contributed by atoms with Crippen LogP contribution in [-0.4, -0.2) is 46.3 Å². The SMILES string of the molecule is CCC1CNC(C)(C)CN1CCc1nc(C)no1. The van der Waals surface area contributed by atoms with Crippen molar-refractivity contribution in [3.63, 3.8) is 0 Å². The summed E-state index contributed by atoms with van der Waals surface area (Å²) in [5.41, 5.74) is 0.191. The lowest BCUT2D eigenvalue weighted by Crippen LogP contribution is -2.61. The van der Waals surface area contributed by atoms with E-state index in [0.717, 1.165) is 37.8 Å². The van der Waals surface area contributed by atoms with Gasteiger partial charge in [-0.15, -0.1) is 0 Å². The van der Waals surface area contributed by atoms with E-state index in [2.05, 4.69) is 41.1 Å². The van der Waals surface area contributed by atoms with E-state index in [1.165, 1.54) is 6.42 Å². The predicted molar refractivity (Wildman–Crippen MR) is 70.5 cm³/mol. The first-order valence-electron chi connectivity index (χ1n) is 6.78. The van der Waals surface area contributed by atoms with Crippen molar-refractivity contribution in [3.05, 3.63) is 11.7 Å². The molecular weight excluding hydrogens is 228 g/mol. The molecule has 0 aliphatic carbocycles. The third-order valence-electron chi connectivity index (χ3n) is 3.58. The number of nitrogens with zero attached hydrogens (tertiary/aromatic N) is 3. The van der Waals surface area contributed by atoms with Crippen LogP contribution < -0.4 is 5.32 Å². The zero-order chi connectivity index (χ0) is 13.2. The number of hydrogen-bond donors (Lipinski definition) is 1. The van der Waals surface area contributed by atoms with Gasteiger partial charge in [-0.3, -0.25) is 4.90 Å². The van der Waals surface area contributed by atoms with E-state index in [1.54, 1.807) is 0 Å². The van der Waals surface area contributed by atoms with Crippen molar-refractivity contribution in [1.82, 2.24) is 20.4 Å². The van der Waals surface area contributed by atoms with Gasteiger partial charge < -0.3 is 9.84 Å². The standard InChI is InChI=1S/C13H24N4O/c1-5-11-8-14-13(3,4)9-17(11)7-6-12-15-10(2)16-18-12/h11,14H,5-9H2,1-4H3. The van der Waals surface area contributed by atoms with Gasteiger partial charge in [-0.25, -0.2) is 0 Å². The Balaban J connectivity index is 1.92. The summed E-state index contributed by atoms with van der Waals surface area (Å²) < 4.78 is 5.17. The number of piperazine rings is 1. The van der Waals surface area contributed by atoms with Gasteiger partial charge in [0.25, 0.3) is 0 Å². The summed E-state index contributed by atoms with van der Waals surface area (Å²) >= 11 is 0. The van der Waals surface area contributed by atoms with Crippen molar-refractivity contribution in [3.8, 4) is 0 Å². The smallest absolute Gasteiger partial charge is 0.227 e. The highest BCUT2D eigenvalue weighted by atomic mass is 16.5. The van der Waals surface area contributed by atoms with Crippen LogP contribution in [0, 0.1) is 6.92 Å². The summed E-state index contributed by atoms with van der Waals surface area (Å²) in [5, 5.41) is 7.43. The lowest BCUT2D eigenvalue weighted by Gasteiger charge is -2.44. The molecular formula is C13H24N4O. The van der Waals surface area contributed by atoms with Crippen LogP contribution in [0.1, 0.15) is 38.9 Å². The van der Waals surface area contributed by atoms with Crippen molar-refractivity contribution in [2.45, 2.75) is 52.1 Å². The largest absolute Gasteiger partial charge is 0.339 e. The highest BCUT2D eigenvalue weighted by Gasteiger charge is 2.31. The molecule has 0 spiro atoms. The first-order valence-corrected chi connectivity index (χ1v) is 6.78. The van der Waals surface area contributed by atoms with Crippen LogP contribution in [-0.2, 0) is 6.42 Å². The Hall–Kier alpha value is -0.940.